The number of ether oxygens (including phenoxy) is 2. The van der Waals surface area contributed by atoms with E-state index in [1.54, 1.807) is 40.0 Å². The van der Waals surface area contributed by atoms with Crippen molar-refractivity contribution in [2.24, 2.45) is 0 Å². The van der Waals surface area contributed by atoms with Gasteiger partial charge >= 0.3 is 11.9 Å². The van der Waals surface area contributed by atoms with Gasteiger partial charge in [0.25, 0.3) is 5.91 Å². The number of benzene rings is 1. The van der Waals surface area contributed by atoms with E-state index < -0.39 is 18.0 Å². The first-order valence-corrected chi connectivity index (χ1v) is 8.67. The third-order valence-electron chi connectivity index (χ3n) is 4.23. The molecule has 0 radical (unpaired) electrons. The van der Waals surface area contributed by atoms with Crippen molar-refractivity contribution in [2.75, 3.05) is 18.6 Å². The topological polar surface area (TPSA) is 88.7 Å². The highest BCUT2D eigenvalue weighted by Gasteiger charge is 2.27. The fourth-order valence-corrected chi connectivity index (χ4v) is 2.79. The van der Waals surface area contributed by atoms with Gasteiger partial charge in [0.1, 0.15) is 5.69 Å². The van der Waals surface area contributed by atoms with E-state index in [-0.39, 0.29) is 18.2 Å². The number of anilines is 1. The molecule has 0 aliphatic heterocycles. The molecule has 0 aliphatic carbocycles. The van der Waals surface area contributed by atoms with Gasteiger partial charge in [-0.1, -0.05) is 18.2 Å². The molecule has 0 bridgehead atoms. The number of esters is 2. The average molecular weight is 372 g/mol. The Labute approximate surface area is 158 Å². The fraction of sp³-hybridized carbons (Fsp3) is 0.350. The average Bonchev–Trinajstić information content (AvgIpc) is 2.95. The number of hydrogen-bond donors (Lipinski definition) is 1. The molecule has 1 amide bonds. The highest BCUT2D eigenvalue weighted by molar-refractivity contribution is 6.01. The number of nitrogens with zero attached hydrogens (tertiary/aromatic N) is 1. The van der Waals surface area contributed by atoms with Crippen molar-refractivity contribution < 1.29 is 23.9 Å². The van der Waals surface area contributed by atoms with Gasteiger partial charge in [0, 0.05) is 18.4 Å². The highest BCUT2D eigenvalue weighted by Crippen LogP contribution is 2.21. The highest BCUT2D eigenvalue weighted by atomic mass is 16.5. The van der Waals surface area contributed by atoms with Gasteiger partial charge in [0.05, 0.1) is 12.2 Å². The summed E-state index contributed by atoms with van der Waals surface area (Å²) in [6, 6.07) is 9.06. The Bertz CT molecular complexity index is 842. The molecule has 144 valence electrons. The molecule has 0 spiro atoms. The quantitative estimate of drug-likeness (QED) is 0.788. The van der Waals surface area contributed by atoms with Gasteiger partial charge in [0.2, 0.25) is 0 Å². The number of likely N-dealkylation sites (N-methyl/N-ethyl adjacent to an activating group) is 1. The first-order chi connectivity index (χ1) is 12.8. The van der Waals surface area contributed by atoms with E-state index in [1.165, 1.54) is 11.8 Å². The lowest BCUT2D eigenvalue weighted by Gasteiger charge is -2.21. The Morgan fingerprint density at radius 1 is 1.11 bits per heavy atom. The molecular weight excluding hydrogens is 348 g/mol. The number of aromatic nitrogens is 1. The number of hydrogen-bond acceptors (Lipinski definition) is 5. The third-order valence-corrected chi connectivity index (χ3v) is 4.23. The standard InChI is InChI=1S/C20H24N2O5/c1-6-26-19(24)16-12(2)17(21-13(16)3)20(25)27-14(4)18(23)22(5)15-10-8-7-9-11-15/h7-11,14,21H,6H2,1-5H3/t14-/m0/s1. The molecule has 7 nitrogen and oxygen atoms in total. The second-order valence-corrected chi connectivity index (χ2v) is 6.13. The lowest BCUT2D eigenvalue weighted by atomic mass is 10.1. The zero-order valence-electron chi connectivity index (χ0n) is 16.2. The number of amides is 1. The number of aromatic amines is 1. The zero-order valence-corrected chi connectivity index (χ0v) is 16.2. The molecule has 1 aromatic heterocycles. The Morgan fingerprint density at radius 3 is 2.33 bits per heavy atom. The Morgan fingerprint density at radius 2 is 1.74 bits per heavy atom. The minimum absolute atomic E-state index is 0.137. The van der Waals surface area contributed by atoms with E-state index in [2.05, 4.69) is 4.98 Å². The predicted molar refractivity (Wildman–Crippen MR) is 101 cm³/mol. The number of carbonyl (C=O) groups is 3. The molecule has 2 aromatic rings. The van der Waals surface area contributed by atoms with Crippen molar-refractivity contribution in [3.05, 3.63) is 52.8 Å². The van der Waals surface area contributed by atoms with E-state index in [0.717, 1.165) is 0 Å². The molecule has 1 N–H and O–H groups in total. The first kappa shape index (κ1) is 20.2. The molecule has 0 unspecified atom stereocenters. The number of rotatable bonds is 6. The Kier molecular flexibility index (Phi) is 6.39. The summed E-state index contributed by atoms with van der Waals surface area (Å²) in [7, 11) is 1.62. The third kappa shape index (κ3) is 4.36. The largest absolute Gasteiger partial charge is 0.462 e. The van der Waals surface area contributed by atoms with Gasteiger partial charge in [0.15, 0.2) is 6.10 Å². The number of aryl methyl sites for hydroxylation is 1. The molecule has 1 atom stereocenters. The number of H-pyrrole nitrogens is 1. The molecule has 0 aliphatic rings. The lowest BCUT2D eigenvalue weighted by Crippen LogP contribution is -2.37. The van der Waals surface area contributed by atoms with Crippen LogP contribution in [0, 0.1) is 13.8 Å². The van der Waals surface area contributed by atoms with Crippen molar-refractivity contribution in [2.45, 2.75) is 33.8 Å². The van der Waals surface area contributed by atoms with Gasteiger partial charge in [-0.25, -0.2) is 9.59 Å². The van der Waals surface area contributed by atoms with Crippen LogP contribution in [0.3, 0.4) is 0 Å². The number of para-hydroxylation sites is 1. The second kappa shape index (κ2) is 8.53. The molecule has 1 heterocycles. The maximum absolute atomic E-state index is 12.5. The van der Waals surface area contributed by atoms with Crippen molar-refractivity contribution >= 4 is 23.5 Å². The van der Waals surface area contributed by atoms with Gasteiger partial charge in [-0.2, -0.15) is 0 Å². The second-order valence-electron chi connectivity index (χ2n) is 6.13. The fourth-order valence-electron chi connectivity index (χ4n) is 2.79. The van der Waals surface area contributed by atoms with Gasteiger partial charge in [-0.3, -0.25) is 4.79 Å². The monoisotopic (exact) mass is 372 g/mol. The van der Waals surface area contributed by atoms with E-state index >= 15 is 0 Å². The van der Waals surface area contributed by atoms with Gasteiger partial charge in [-0.05, 0) is 45.4 Å². The van der Waals surface area contributed by atoms with Crippen LogP contribution in [-0.4, -0.2) is 42.6 Å². The van der Waals surface area contributed by atoms with Gasteiger partial charge < -0.3 is 19.4 Å². The van der Waals surface area contributed by atoms with E-state index in [4.69, 9.17) is 9.47 Å². The van der Waals surface area contributed by atoms with Crippen LogP contribution >= 0.6 is 0 Å². The summed E-state index contributed by atoms with van der Waals surface area (Å²) in [5, 5.41) is 0. The van der Waals surface area contributed by atoms with Crippen LogP contribution in [0.4, 0.5) is 5.69 Å². The number of carbonyl (C=O) groups excluding carboxylic acids is 3. The molecule has 27 heavy (non-hydrogen) atoms. The number of nitrogens with one attached hydrogen (secondary N) is 1. The van der Waals surface area contributed by atoms with Crippen molar-refractivity contribution in [1.29, 1.82) is 0 Å². The van der Waals surface area contributed by atoms with Gasteiger partial charge in [-0.15, -0.1) is 0 Å². The molecular formula is C20H24N2O5. The predicted octanol–water partition coefficient (Wildman–Crippen LogP) is 3.02. The molecule has 0 saturated heterocycles. The van der Waals surface area contributed by atoms with E-state index in [1.807, 2.05) is 18.2 Å². The van der Waals surface area contributed by atoms with Crippen LogP contribution in [-0.2, 0) is 14.3 Å². The van der Waals surface area contributed by atoms with Crippen LogP contribution in [0.5, 0.6) is 0 Å². The van der Waals surface area contributed by atoms with Crippen LogP contribution in [0.15, 0.2) is 30.3 Å². The Balaban J connectivity index is 2.14. The van der Waals surface area contributed by atoms with Crippen molar-refractivity contribution in [3.63, 3.8) is 0 Å². The normalized spacial score (nSPS) is 11.6. The molecule has 0 saturated carbocycles. The summed E-state index contributed by atoms with van der Waals surface area (Å²) in [6.07, 6.45) is -0.989. The summed E-state index contributed by atoms with van der Waals surface area (Å²) >= 11 is 0. The minimum atomic E-state index is -0.989. The molecule has 1 aromatic carbocycles. The van der Waals surface area contributed by atoms with E-state index in [0.29, 0.717) is 22.5 Å². The summed E-state index contributed by atoms with van der Waals surface area (Å²) < 4.78 is 10.3. The van der Waals surface area contributed by atoms with Crippen LogP contribution in [0.2, 0.25) is 0 Å². The van der Waals surface area contributed by atoms with E-state index in [9.17, 15) is 14.4 Å². The summed E-state index contributed by atoms with van der Waals surface area (Å²) in [5.74, 6) is -1.56. The smallest absolute Gasteiger partial charge is 0.355 e. The minimum Gasteiger partial charge on any atom is -0.462 e. The van der Waals surface area contributed by atoms with Crippen LogP contribution < -0.4 is 4.90 Å². The molecule has 2 rings (SSSR count). The molecule has 0 fully saturated rings. The van der Waals surface area contributed by atoms with Crippen molar-refractivity contribution in [1.82, 2.24) is 4.98 Å². The van der Waals surface area contributed by atoms with Crippen molar-refractivity contribution in [3.8, 4) is 0 Å². The van der Waals surface area contributed by atoms with Crippen LogP contribution in [0.25, 0.3) is 0 Å². The maximum Gasteiger partial charge on any atom is 0.355 e. The Hall–Kier alpha value is -3.09. The zero-order chi connectivity index (χ0) is 20.1. The summed E-state index contributed by atoms with van der Waals surface area (Å²) in [5.41, 5.74) is 2.09. The molecule has 7 heteroatoms. The lowest BCUT2D eigenvalue weighted by molar-refractivity contribution is -0.126. The maximum atomic E-state index is 12.5. The first-order valence-electron chi connectivity index (χ1n) is 8.67. The van der Waals surface area contributed by atoms with Crippen LogP contribution in [0.1, 0.15) is 46.0 Å². The summed E-state index contributed by atoms with van der Waals surface area (Å²) in [4.78, 5) is 41.4. The SMILES string of the molecule is CCOC(=O)c1c(C)[nH]c(C(=O)O[C@@H](C)C(=O)N(C)c2ccccc2)c1C. The summed E-state index contributed by atoms with van der Waals surface area (Å²) in [6.45, 7) is 6.76.